The van der Waals surface area contributed by atoms with Crippen molar-refractivity contribution in [1.82, 2.24) is 0 Å². The van der Waals surface area contributed by atoms with Gasteiger partial charge in [0, 0.05) is 5.41 Å². The standard InChI is InChI=1S/C13H20O2/c1-5-13(8-11(14)15)7-10(2)6-12(3,4)9-13/h5-6H,1,7-9H2,2-4H3,(H,14,15). The van der Waals surface area contributed by atoms with Gasteiger partial charge < -0.3 is 5.11 Å². The normalized spacial score (nSPS) is 29.4. The number of aliphatic carboxylic acids is 1. The molecule has 0 aliphatic heterocycles. The first-order chi connectivity index (χ1) is 6.79. The number of rotatable bonds is 3. The molecule has 0 saturated heterocycles. The lowest BCUT2D eigenvalue weighted by molar-refractivity contribution is -0.139. The third kappa shape index (κ3) is 2.95. The molecule has 15 heavy (non-hydrogen) atoms. The van der Waals surface area contributed by atoms with Gasteiger partial charge >= 0.3 is 5.97 Å². The third-order valence-electron chi connectivity index (χ3n) is 3.01. The van der Waals surface area contributed by atoms with Gasteiger partial charge in [-0.2, -0.15) is 0 Å². The van der Waals surface area contributed by atoms with Crippen molar-refractivity contribution >= 4 is 5.97 Å². The Kier molecular flexibility index (Phi) is 3.08. The molecular formula is C13H20O2. The van der Waals surface area contributed by atoms with E-state index in [2.05, 4.69) is 33.4 Å². The van der Waals surface area contributed by atoms with Gasteiger partial charge in [0.1, 0.15) is 0 Å². The van der Waals surface area contributed by atoms with E-state index in [0.29, 0.717) is 0 Å². The van der Waals surface area contributed by atoms with Gasteiger partial charge in [-0.15, -0.1) is 6.58 Å². The molecule has 0 saturated carbocycles. The molecule has 1 rings (SSSR count). The molecule has 1 aliphatic rings. The predicted molar refractivity (Wildman–Crippen MR) is 61.7 cm³/mol. The third-order valence-corrected chi connectivity index (χ3v) is 3.01. The molecule has 0 bridgehead atoms. The van der Waals surface area contributed by atoms with Crippen LogP contribution in [0.2, 0.25) is 0 Å². The molecule has 0 spiro atoms. The smallest absolute Gasteiger partial charge is 0.304 e. The van der Waals surface area contributed by atoms with E-state index in [9.17, 15) is 4.79 Å². The number of hydrogen-bond acceptors (Lipinski definition) is 1. The molecule has 2 heteroatoms. The SMILES string of the molecule is C=CC1(CC(=O)O)CC(C)=CC(C)(C)C1. The average molecular weight is 208 g/mol. The second-order valence-corrected chi connectivity index (χ2v) is 5.47. The fourth-order valence-corrected chi connectivity index (χ4v) is 2.94. The molecule has 0 aromatic carbocycles. The Balaban J connectivity index is 2.99. The summed E-state index contributed by atoms with van der Waals surface area (Å²) in [5.74, 6) is -0.736. The minimum Gasteiger partial charge on any atom is -0.481 e. The van der Waals surface area contributed by atoms with Crippen molar-refractivity contribution in [3.8, 4) is 0 Å². The minimum atomic E-state index is -0.736. The van der Waals surface area contributed by atoms with Crippen LogP contribution in [-0.2, 0) is 4.79 Å². The van der Waals surface area contributed by atoms with Crippen LogP contribution < -0.4 is 0 Å². The van der Waals surface area contributed by atoms with Crippen LogP contribution in [0.25, 0.3) is 0 Å². The molecule has 1 atom stereocenters. The summed E-state index contributed by atoms with van der Waals surface area (Å²) >= 11 is 0. The van der Waals surface area contributed by atoms with Gasteiger partial charge in [0.05, 0.1) is 6.42 Å². The highest BCUT2D eigenvalue weighted by Gasteiger charge is 2.38. The maximum Gasteiger partial charge on any atom is 0.304 e. The van der Waals surface area contributed by atoms with Gasteiger partial charge in [-0.1, -0.05) is 31.6 Å². The molecule has 0 heterocycles. The van der Waals surface area contributed by atoms with Crippen molar-refractivity contribution in [2.45, 2.75) is 40.0 Å². The molecule has 1 N–H and O–H groups in total. The van der Waals surface area contributed by atoms with Gasteiger partial charge in [0.2, 0.25) is 0 Å². The quantitative estimate of drug-likeness (QED) is 0.722. The zero-order valence-electron chi connectivity index (χ0n) is 9.84. The van der Waals surface area contributed by atoms with E-state index in [-0.39, 0.29) is 17.3 Å². The summed E-state index contributed by atoms with van der Waals surface area (Å²) in [6.45, 7) is 10.2. The molecule has 84 valence electrons. The molecular weight excluding hydrogens is 188 g/mol. The van der Waals surface area contributed by atoms with Crippen molar-refractivity contribution in [1.29, 1.82) is 0 Å². The van der Waals surface area contributed by atoms with Crippen LogP contribution in [0.15, 0.2) is 24.3 Å². The maximum absolute atomic E-state index is 10.9. The molecule has 1 aliphatic carbocycles. The second-order valence-electron chi connectivity index (χ2n) is 5.47. The number of carboxylic acids is 1. The topological polar surface area (TPSA) is 37.3 Å². The van der Waals surface area contributed by atoms with Gasteiger partial charge in [-0.25, -0.2) is 0 Å². The highest BCUT2D eigenvalue weighted by Crippen LogP contribution is 2.47. The summed E-state index contributed by atoms with van der Waals surface area (Å²) in [6, 6.07) is 0. The fraction of sp³-hybridized carbons (Fsp3) is 0.615. The predicted octanol–water partition coefficient (Wildman–Crippen LogP) is 3.40. The number of hydrogen-bond donors (Lipinski definition) is 1. The Hall–Kier alpha value is -1.05. The van der Waals surface area contributed by atoms with Crippen LogP contribution >= 0.6 is 0 Å². The summed E-state index contributed by atoms with van der Waals surface area (Å²) < 4.78 is 0. The lowest BCUT2D eigenvalue weighted by Crippen LogP contribution is -2.32. The molecule has 2 nitrogen and oxygen atoms in total. The van der Waals surface area contributed by atoms with Gasteiger partial charge in [0.15, 0.2) is 0 Å². The van der Waals surface area contributed by atoms with E-state index in [4.69, 9.17) is 5.11 Å². The zero-order valence-corrected chi connectivity index (χ0v) is 9.84. The summed E-state index contributed by atoms with van der Waals surface area (Å²) in [5, 5.41) is 8.95. The van der Waals surface area contributed by atoms with Crippen LogP contribution in [0, 0.1) is 10.8 Å². The lowest BCUT2D eigenvalue weighted by Gasteiger charge is -2.40. The van der Waals surface area contributed by atoms with Gasteiger partial charge in [0.25, 0.3) is 0 Å². The summed E-state index contributed by atoms with van der Waals surface area (Å²) in [5.41, 5.74) is 1.09. The van der Waals surface area contributed by atoms with E-state index >= 15 is 0 Å². The van der Waals surface area contributed by atoms with Crippen LogP contribution in [0.5, 0.6) is 0 Å². The zero-order chi connectivity index (χ0) is 11.7. The van der Waals surface area contributed by atoms with Crippen LogP contribution in [0.1, 0.15) is 40.0 Å². The summed E-state index contributed by atoms with van der Waals surface area (Å²) in [7, 11) is 0. The first kappa shape index (κ1) is 12.0. The molecule has 0 fully saturated rings. The van der Waals surface area contributed by atoms with Crippen molar-refractivity contribution in [2.24, 2.45) is 10.8 Å². The van der Waals surface area contributed by atoms with E-state index < -0.39 is 5.97 Å². The van der Waals surface area contributed by atoms with E-state index in [1.807, 2.05) is 6.08 Å². The lowest BCUT2D eigenvalue weighted by atomic mass is 9.63. The van der Waals surface area contributed by atoms with Crippen LogP contribution in [-0.4, -0.2) is 11.1 Å². The van der Waals surface area contributed by atoms with Gasteiger partial charge in [-0.05, 0) is 25.2 Å². The summed E-state index contributed by atoms with van der Waals surface area (Å²) in [6.07, 6.45) is 5.96. The monoisotopic (exact) mass is 208 g/mol. The number of carbonyl (C=O) groups is 1. The number of carboxylic acid groups (broad SMARTS) is 1. The highest BCUT2D eigenvalue weighted by molar-refractivity contribution is 5.68. The minimum absolute atomic E-state index is 0.0754. The Bertz CT molecular complexity index is 312. The van der Waals surface area contributed by atoms with E-state index in [1.54, 1.807) is 0 Å². The maximum atomic E-state index is 10.9. The second kappa shape index (κ2) is 3.84. The van der Waals surface area contributed by atoms with Crippen molar-refractivity contribution in [3.05, 3.63) is 24.3 Å². The fourth-order valence-electron chi connectivity index (χ4n) is 2.94. The highest BCUT2D eigenvalue weighted by atomic mass is 16.4. The Morgan fingerprint density at radius 3 is 2.67 bits per heavy atom. The van der Waals surface area contributed by atoms with E-state index in [0.717, 1.165) is 12.8 Å². The molecule has 0 radical (unpaired) electrons. The first-order valence-electron chi connectivity index (χ1n) is 5.32. The molecule has 1 unspecified atom stereocenters. The Labute approximate surface area is 91.7 Å². The molecule has 0 aromatic rings. The molecule has 0 amide bonds. The molecule has 0 aromatic heterocycles. The van der Waals surface area contributed by atoms with Crippen molar-refractivity contribution in [3.63, 3.8) is 0 Å². The number of allylic oxidation sites excluding steroid dienone is 3. The first-order valence-corrected chi connectivity index (χ1v) is 5.32. The largest absolute Gasteiger partial charge is 0.481 e. The summed E-state index contributed by atoms with van der Waals surface area (Å²) in [4.78, 5) is 10.9. The average Bonchev–Trinajstić information content (AvgIpc) is 1.98. The van der Waals surface area contributed by atoms with Gasteiger partial charge in [-0.3, -0.25) is 4.79 Å². The Morgan fingerprint density at radius 1 is 1.67 bits per heavy atom. The van der Waals surface area contributed by atoms with Crippen LogP contribution in [0.4, 0.5) is 0 Å². The van der Waals surface area contributed by atoms with Crippen molar-refractivity contribution < 1.29 is 9.90 Å². The van der Waals surface area contributed by atoms with Crippen molar-refractivity contribution in [2.75, 3.05) is 0 Å². The Morgan fingerprint density at radius 2 is 2.27 bits per heavy atom. The van der Waals surface area contributed by atoms with Crippen LogP contribution in [0.3, 0.4) is 0 Å². The van der Waals surface area contributed by atoms with E-state index in [1.165, 1.54) is 5.57 Å².